The van der Waals surface area contributed by atoms with Gasteiger partial charge in [-0.15, -0.1) is 0 Å². The molecule has 0 radical (unpaired) electrons. The number of nitrogens with zero attached hydrogens (tertiary/aromatic N) is 1. The first kappa shape index (κ1) is 17.7. The SMILES string of the molecule is CCC(C)OCC(=O)OCOc1c(OC)ccnc1C(N)=O. The number of aromatic nitrogens is 1. The number of esters is 1. The number of primary amides is 1. The van der Waals surface area contributed by atoms with Crippen molar-refractivity contribution in [2.75, 3.05) is 20.5 Å². The van der Waals surface area contributed by atoms with Crippen molar-refractivity contribution < 1.29 is 28.5 Å². The van der Waals surface area contributed by atoms with Crippen LogP contribution in [0.25, 0.3) is 0 Å². The second kappa shape index (κ2) is 8.83. The molecule has 8 nitrogen and oxygen atoms in total. The fraction of sp³-hybridized carbons (Fsp3) is 0.500. The van der Waals surface area contributed by atoms with Crippen molar-refractivity contribution in [3.63, 3.8) is 0 Å². The Balaban J connectivity index is 2.57. The third-order valence-corrected chi connectivity index (χ3v) is 2.81. The normalized spacial score (nSPS) is 11.6. The third kappa shape index (κ3) is 5.21. The Hall–Kier alpha value is -2.35. The molecular weight excluding hydrogens is 292 g/mol. The van der Waals surface area contributed by atoms with Crippen LogP contribution in [0.1, 0.15) is 30.8 Å². The Morgan fingerprint density at radius 2 is 2.14 bits per heavy atom. The molecule has 122 valence electrons. The summed E-state index contributed by atoms with van der Waals surface area (Å²) in [7, 11) is 1.40. The Bertz CT molecular complexity index is 520. The van der Waals surface area contributed by atoms with E-state index in [0.717, 1.165) is 6.42 Å². The Labute approximate surface area is 128 Å². The van der Waals surface area contributed by atoms with Gasteiger partial charge in [-0.3, -0.25) is 4.79 Å². The van der Waals surface area contributed by atoms with Gasteiger partial charge in [-0.2, -0.15) is 0 Å². The van der Waals surface area contributed by atoms with E-state index in [4.69, 9.17) is 24.7 Å². The summed E-state index contributed by atoms with van der Waals surface area (Å²) >= 11 is 0. The van der Waals surface area contributed by atoms with Crippen molar-refractivity contribution in [3.05, 3.63) is 18.0 Å². The maximum Gasteiger partial charge on any atom is 0.334 e. The average Bonchev–Trinajstić information content (AvgIpc) is 2.52. The molecule has 1 aromatic rings. The van der Waals surface area contributed by atoms with E-state index in [1.54, 1.807) is 0 Å². The van der Waals surface area contributed by atoms with Gasteiger partial charge in [0.2, 0.25) is 6.79 Å². The van der Waals surface area contributed by atoms with Gasteiger partial charge in [0.1, 0.15) is 6.61 Å². The highest BCUT2D eigenvalue weighted by molar-refractivity contribution is 5.94. The molecule has 2 N–H and O–H groups in total. The summed E-state index contributed by atoms with van der Waals surface area (Å²) < 4.78 is 20.4. The third-order valence-electron chi connectivity index (χ3n) is 2.81. The van der Waals surface area contributed by atoms with Crippen LogP contribution in [0, 0.1) is 0 Å². The lowest BCUT2D eigenvalue weighted by Crippen LogP contribution is -2.21. The predicted octanol–water partition coefficient (Wildman–Crippen LogP) is 0.884. The Kier molecular flexibility index (Phi) is 7.11. The fourth-order valence-corrected chi connectivity index (χ4v) is 1.43. The summed E-state index contributed by atoms with van der Waals surface area (Å²) in [5.74, 6) is -1.08. The lowest BCUT2D eigenvalue weighted by molar-refractivity contribution is -0.157. The van der Waals surface area contributed by atoms with Crippen molar-refractivity contribution in [1.29, 1.82) is 0 Å². The largest absolute Gasteiger partial charge is 0.493 e. The predicted molar refractivity (Wildman–Crippen MR) is 76.6 cm³/mol. The van der Waals surface area contributed by atoms with Crippen LogP contribution in [0.4, 0.5) is 0 Å². The van der Waals surface area contributed by atoms with Gasteiger partial charge < -0.3 is 24.7 Å². The number of hydrogen-bond donors (Lipinski definition) is 1. The number of rotatable bonds is 9. The van der Waals surface area contributed by atoms with Crippen LogP contribution in [-0.2, 0) is 14.3 Å². The summed E-state index contributed by atoms with van der Waals surface area (Å²) in [5, 5.41) is 0. The van der Waals surface area contributed by atoms with Crippen molar-refractivity contribution in [1.82, 2.24) is 4.98 Å². The Morgan fingerprint density at radius 1 is 1.41 bits per heavy atom. The number of methoxy groups -OCH3 is 1. The molecule has 0 aliphatic carbocycles. The van der Waals surface area contributed by atoms with Crippen molar-refractivity contribution in [2.45, 2.75) is 26.4 Å². The van der Waals surface area contributed by atoms with Gasteiger partial charge in [0, 0.05) is 12.3 Å². The van der Waals surface area contributed by atoms with Gasteiger partial charge in [-0.05, 0) is 13.3 Å². The monoisotopic (exact) mass is 312 g/mol. The molecule has 1 atom stereocenters. The average molecular weight is 312 g/mol. The maximum absolute atomic E-state index is 11.5. The number of carbonyl (C=O) groups is 2. The highest BCUT2D eigenvalue weighted by Gasteiger charge is 2.17. The molecule has 1 unspecified atom stereocenters. The lowest BCUT2D eigenvalue weighted by atomic mass is 10.3. The van der Waals surface area contributed by atoms with Gasteiger partial charge in [0.25, 0.3) is 5.91 Å². The van der Waals surface area contributed by atoms with Gasteiger partial charge in [0.15, 0.2) is 17.2 Å². The summed E-state index contributed by atoms with van der Waals surface area (Å²) in [6.45, 7) is 3.21. The van der Waals surface area contributed by atoms with Gasteiger partial charge in [-0.25, -0.2) is 9.78 Å². The molecule has 1 amide bonds. The lowest BCUT2D eigenvalue weighted by Gasteiger charge is -2.13. The number of nitrogens with two attached hydrogens (primary N) is 1. The molecule has 1 heterocycles. The first-order valence-electron chi connectivity index (χ1n) is 6.72. The molecule has 0 aliphatic heterocycles. The molecule has 0 saturated heterocycles. The quantitative estimate of drug-likeness (QED) is 0.532. The van der Waals surface area contributed by atoms with Crippen molar-refractivity contribution in [2.24, 2.45) is 5.73 Å². The Morgan fingerprint density at radius 3 is 2.73 bits per heavy atom. The van der Waals surface area contributed by atoms with Crippen LogP contribution >= 0.6 is 0 Å². The summed E-state index contributed by atoms with van der Waals surface area (Å²) in [6.07, 6.45) is 2.12. The number of ether oxygens (including phenoxy) is 4. The van der Waals surface area contributed by atoms with Crippen molar-refractivity contribution >= 4 is 11.9 Å². The van der Waals surface area contributed by atoms with E-state index in [2.05, 4.69) is 4.98 Å². The van der Waals surface area contributed by atoms with Crippen LogP contribution in [0.15, 0.2) is 12.3 Å². The molecule has 0 aromatic carbocycles. The molecular formula is C14H20N2O6. The van der Waals surface area contributed by atoms with E-state index in [0.29, 0.717) is 0 Å². The van der Waals surface area contributed by atoms with Gasteiger partial charge in [-0.1, -0.05) is 6.92 Å². The molecule has 8 heteroatoms. The van der Waals surface area contributed by atoms with Gasteiger partial charge >= 0.3 is 5.97 Å². The molecule has 1 rings (SSSR count). The first-order valence-corrected chi connectivity index (χ1v) is 6.72. The molecule has 0 aliphatic rings. The molecule has 1 aromatic heterocycles. The topological polar surface area (TPSA) is 110 Å². The fourth-order valence-electron chi connectivity index (χ4n) is 1.43. The molecule has 0 fully saturated rings. The van der Waals surface area contributed by atoms with Crippen molar-refractivity contribution in [3.8, 4) is 11.5 Å². The summed E-state index contributed by atoms with van der Waals surface area (Å²) in [6, 6.07) is 1.50. The number of amides is 1. The molecule has 0 spiro atoms. The summed E-state index contributed by atoms with van der Waals surface area (Å²) in [4.78, 5) is 26.6. The highest BCUT2D eigenvalue weighted by Crippen LogP contribution is 2.29. The summed E-state index contributed by atoms with van der Waals surface area (Å²) in [5.41, 5.74) is 5.10. The smallest absolute Gasteiger partial charge is 0.334 e. The minimum atomic E-state index is -0.777. The van der Waals surface area contributed by atoms with E-state index in [9.17, 15) is 9.59 Å². The van der Waals surface area contributed by atoms with E-state index in [1.165, 1.54) is 19.4 Å². The number of carbonyl (C=O) groups excluding carboxylic acids is 2. The molecule has 0 bridgehead atoms. The van der Waals surface area contributed by atoms with E-state index < -0.39 is 18.7 Å². The minimum absolute atomic E-state index is 0.0214. The van der Waals surface area contributed by atoms with Crippen LogP contribution in [-0.4, -0.2) is 43.5 Å². The number of hydrogen-bond acceptors (Lipinski definition) is 7. The molecule has 22 heavy (non-hydrogen) atoms. The van der Waals surface area contributed by atoms with Crippen LogP contribution < -0.4 is 15.2 Å². The van der Waals surface area contributed by atoms with E-state index >= 15 is 0 Å². The van der Waals surface area contributed by atoms with E-state index in [-0.39, 0.29) is 29.9 Å². The zero-order chi connectivity index (χ0) is 16.5. The van der Waals surface area contributed by atoms with E-state index in [1.807, 2.05) is 13.8 Å². The number of pyridine rings is 1. The first-order chi connectivity index (χ1) is 10.5. The highest BCUT2D eigenvalue weighted by atomic mass is 16.7. The second-order valence-corrected chi connectivity index (χ2v) is 4.36. The standard InChI is InChI=1S/C14H20N2O6/c1-4-9(2)20-7-11(17)21-8-22-13-10(19-3)5-6-16-12(13)14(15)18/h5-6,9H,4,7-8H2,1-3H3,(H2,15,18). The van der Waals surface area contributed by atoms with Gasteiger partial charge in [0.05, 0.1) is 13.2 Å². The molecule has 0 saturated carbocycles. The maximum atomic E-state index is 11.5. The van der Waals surface area contributed by atoms with Crippen LogP contribution in [0.5, 0.6) is 11.5 Å². The zero-order valence-corrected chi connectivity index (χ0v) is 12.8. The zero-order valence-electron chi connectivity index (χ0n) is 12.8. The van der Waals surface area contributed by atoms with Crippen LogP contribution in [0.3, 0.4) is 0 Å². The minimum Gasteiger partial charge on any atom is -0.493 e. The second-order valence-electron chi connectivity index (χ2n) is 4.36. The van der Waals surface area contributed by atoms with Crippen LogP contribution in [0.2, 0.25) is 0 Å².